The summed E-state index contributed by atoms with van der Waals surface area (Å²) in [4.78, 5) is 12.4. The molecule has 0 aliphatic heterocycles. The topological polar surface area (TPSA) is 56.8 Å². The van der Waals surface area contributed by atoms with E-state index in [1.165, 1.54) is 51.4 Å². The van der Waals surface area contributed by atoms with E-state index in [2.05, 4.69) is 53.1 Å². The van der Waals surface area contributed by atoms with Crippen LogP contribution in [0.25, 0.3) is 0 Å². The number of carbonyl (C=O) groups is 1. The van der Waals surface area contributed by atoms with E-state index in [9.17, 15) is 4.79 Å². The molecule has 5 unspecified atom stereocenters. The summed E-state index contributed by atoms with van der Waals surface area (Å²) in [5.74, 6) is 5.11. The van der Waals surface area contributed by atoms with Gasteiger partial charge < -0.3 is 27.0 Å². The minimum absolute atomic E-state index is 0. The van der Waals surface area contributed by atoms with Gasteiger partial charge in [-0.1, -0.05) is 65.5 Å². The van der Waals surface area contributed by atoms with Crippen LogP contribution >= 0.6 is 0 Å². The zero-order valence-electron chi connectivity index (χ0n) is 26.5. The quantitative estimate of drug-likeness (QED) is 0.125. The van der Waals surface area contributed by atoms with Crippen LogP contribution in [0.4, 0.5) is 4.79 Å². The van der Waals surface area contributed by atoms with Gasteiger partial charge >= 0.3 is 27.2 Å². The molecular weight excluding hydrogens is 670 g/mol. The third-order valence-electron chi connectivity index (χ3n) is 11.4. The predicted molar refractivity (Wildman–Crippen MR) is 160 cm³/mol. The van der Waals surface area contributed by atoms with Crippen molar-refractivity contribution < 1.29 is 40.1 Å². The number of allylic oxidation sites excluding steroid dienone is 1. The third kappa shape index (κ3) is 7.96. The van der Waals surface area contributed by atoms with Gasteiger partial charge in [0.25, 0.3) is 0 Å². The largest absolute Gasteiger partial charge is 2.00 e. The fourth-order valence-corrected chi connectivity index (χ4v) is 9.39. The summed E-state index contributed by atoms with van der Waals surface area (Å²) < 4.78 is 15.9. The Labute approximate surface area is 261 Å². The minimum atomic E-state index is -0.321. The summed E-state index contributed by atoms with van der Waals surface area (Å²) in [5, 5.41) is 2.83. The van der Waals surface area contributed by atoms with Gasteiger partial charge in [-0.25, -0.2) is 11.9 Å². The van der Waals surface area contributed by atoms with Gasteiger partial charge in [0, 0.05) is 19.6 Å². The van der Waals surface area contributed by atoms with Gasteiger partial charge in [0.2, 0.25) is 0 Å². The van der Waals surface area contributed by atoms with Crippen molar-refractivity contribution in [3.8, 4) is 0 Å². The molecule has 0 aromatic rings. The second kappa shape index (κ2) is 15.9. The van der Waals surface area contributed by atoms with Crippen molar-refractivity contribution >= 4 is 6.09 Å². The second-order valence-electron chi connectivity index (χ2n) is 14.0. The van der Waals surface area contributed by atoms with Crippen LogP contribution in [-0.4, -0.2) is 38.6 Å². The van der Waals surface area contributed by atoms with Gasteiger partial charge in [-0.15, -0.1) is 0 Å². The van der Waals surface area contributed by atoms with Crippen molar-refractivity contribution in [2.24, 2.45) is 46.3 Å². The molecule has 0 aromatic heterocycles. The number of hydrogen-bond donors (Lipinski definition) is 1. The minimum Gasteiger partial charge on any atom is -0.553 e. The molecule has 1 amide bonds. The standard InChI is InChI=1S/C33H56NO4.CH3.W/c1-23(2)8-7-9-24(3)28-12-13-29-27-11-10-25-22-26(38-31(35)34-18-19-37-21-20-36-6)14-16-32(25,4)30(27)15-17-33(28,29)5;;/h10,23-24,26-30H,6-9,11-22H2,1-5H3,(H,34,35);1H3;/q2*-1;+2/t24?,26-,27?,28?,29?,30?,32-,33+;;/m0../s1. The molecule has 40 heavy (non-hydrogen) atoms. The molecule has 4 aliphatic carbocycles. The molecular formula is C34H59NO4W. The summed E-state index contributed by atoms with van der Waals surface area (Å²) in [6.07, 6.45) is 16.4. The molecule has 0 bridgehead atoms. The van der Waals surface area contributed by atoms with Crippen molar-refractivity contribution in [1.82, 2.24) is 5.32 Å². The van der Waals surface area contributed by atoms with Crippen LogP contribution in [-0.2, 0) is 35.3 Å². The third-order valence-corrected chi connectivity index (χ3v) is 11.4. The van der Waals surface area contributed by atoms with E-state index < -0.39 is 0 Å². The Bertz CT molecular complexity index is 818. The van der Waals surface area contributed by atoms with Crippen molar-refractivity contribution in [3.05, 3.63) is 26.2 Å². The number of hydrogen-bond acceptors (Lipinski definition) is 4. The number of fused-ring (bicyclic) bond motifs is 5. The van der Waals surface area contributed by atoms with Crippen LogP contribution in [0, 0.1) is 60.9 Å². The molecule has 4 aliphatic rings. The number of amides is 1. The van der Waals surface area contributed by atoms with Gasteiger partial charge in [-0.2, -0.15) is 0 Å². The SMILES string of the molecule is [CH2-]OCCOCCNC(=O)O[C@H]1CC[C@@]2(C)C(=CCC3C4CCC(C(C)CCCC(C)C)[C@@]4(C)CCC32)C1.[CH3-].[W+2]. The van der Waals surface area contributed by atoms with E-state index in [0.29, 0.717) is 31.8 Å². The van der Waals surface area contributed by atoms with E-state index in [0.717, 1.165) is 54.8 Å². The molecule has 0 radical (unpaired) electrons. The number of alkyl carbamates (subject to hydrolysis) is 1. The van der Waals surface area contributed by atoms with Gasteiger partial charge in [0.15, 0.2) is 0 Å². The van der Waals surface area contributed by atoms with Gasteiger partial charge in [-0.3, -0.25) is 0 Å². The van der Waals surface area contributed by atoms with Crippen LogP contribution in [0.3, 0.4) is 0 Å². The molecule has 230 valence electrons. The van der Waals surface area contributed by atoms with Crippen LogP contribution in [0.1, 0.15) is 105 Å². The second-order valence-corrected chi connectivity index (χ2v) is 14.0. The Morgan fingerprint density at radius 3 is 2.55 bits per heavy atom. The van der Waals surface area contributed by atoms with E-state index in [4.69, 9.17) is 14.2 Å². The predicted octanol–water partition coefficient (Wildman–Crippen LogP) is 8.40. The Balaban J connectivity index is 0.00000280. The molecule has 3 saturated carbocycles. The Hall–Kier alpha value is -0.382. The summed E-state index contributed by atoms with van der Waals surface area (Å²) in [5.41, 5.74) is 2.38. The molecule has 3 fully saturated rings. The molecule has 1 N–H and O–H groups in total. The van der Waals surface area contributed by atoms with Crippen LogP contribution in [0.5, 0.6) is 0 Å². The van der Waals surface area contributed by atoms with Crippen molar-refractivity contribution in [1.29, 1.82) is 0 Å². The Morgan fingerprint density at radius 1 is 1.05 bits per heavy atom. The van der Waals surface area contributed by atoms with Gasteiger partial charge in [-0.05, 0) is 91.3 Å². The van der Waals surface area contributed by atoms with Crippen molar-refractivity contribution in [3.63, 3.8) is 0 Å². The van der Waals surface area contributed by atoms with E-state index in [-0.39, 0.29) is 46.1 Å². The smallest absolute Gasteiger partial charge is 0.553 e. The summed E-state index contributed by atoms with van der Waals surface area (Å²) in [6.45, 7) is 14.3. The molecule has 6 heteroatoms. The number of nitrogens with one attached hydrogen (secondary N) is 1. The first-order valence-electron chi connectivity index (χ1n) is 15.8. The molecule has 4 rings (SSSR count). The first-order chi connectivity index (χ1) is 18.2. The fraction of sp³-hybridized carbons (Fsp3) is 0.853. The number of rotatable bonds is 12. The van der Waals surface area contributed by atoms with Crippen LogP contribution in [0.15, 0.2) is 11.6 Å². The normalized spacial score (nSPS) is 35.3. The fourth-order valence-electron chi connectivity index (χ4n) is 9.39. The maximum absolute atomic E-state index is 12.4. The average molecular weight is 730 g/mol. The molecule has 0 aromatic carbocycles. The summed E-state index contributed by atoms with van der Waals surface area (Å²) in [7, 11) is 3.32. The zero-order chi connectivity index (χ0) is 27.3. The first kappa shape index (κ1) is 35.8. The molecule has 0 heterocycles. The van der Waals surface area contributed by atoms with Crippen LogP contribution in [0.2, 0.25) is 0 Å². The number of ether oxygens (including phenoxy) is 3. The maximum Gasteiger partial charge on any atom is 2.00 e. The number of carbonyl (C=O) groups excluding carboxylic acids is 1. The van der Waals surface area contributed by atoms with Gasteiger partial charge in [0.05, 0.1) is 13.2 Å². The monoisotopic (exact) mass is 729 g/mol. The molecule has 0 spiro atoms. The van der Waals surface area contributed by atoms with E-state index >= 15 is 0 Å². The Morgan fingerprint density at radius 2 is 1.82 bits per heavy atom. The molecule has 0 saturated heterocycles. The summed E-state index contributed by atoms with van der Waals surface area (Å²) in [6, 6.07) is 0. The van der Waals surface area contributed by atoms with Crippen molar-refractivity contribution in [2.45, 2.75) is 111 Å². The Kier molecular flexibility index (Phi) is 14.2. The molecule has 8 atom stereocenters. The molecule has 5 nitrogen and oxygen atoms in total. The first-order valence-corrected chi connectivity index (χ1v) is 15.8. The summed E-state index contributed by atoms with van der Waals surface area (Å²) >= 11 is 0. The average Bonchev–Trinajstić information content (AvgIpc) is 3.23. The maximum atomic E-state index is 12.4. The van der Waals surface area contributed by atoms with E-state index in [1.54, 1.807) is 5.57 Å². The zero-order valence-corrected chi connectivity index (χ0v) is 29.4. The van der Waals surface area contributed by atoms with Crippen LogP contribution < -0.4 is 5.32 Å². The van der Waals surface area contributed by atoms with Crippen molar-refractivity contribution in [2.75, 3.05) is 26.4 Å². The van der Waals surface area contributed by atoms with Gasteiger partial charge in [0.1, 0.15) is 6.10 Å². The van der Waals surface area contributed by atoms with E-state index in [1.807, 2.05) is 0 Å².